The minimum atomic E-state index is -1.29. The van der Waals surface area contributed by atoms with E-state index in [0.717, 1.165) is 0 Å². The van der Waals surface area contributed by atoms with Crippen LogP contribution >= 0.6 is 0 Å². The maximum absolute atomic E-state index is 10.0. The van der Waals surface area contributed by atoms with Crippen LogP contribution in [0, 0.1) is 0 Å². The molecule has 0 saturated carbocycles. The summed E-state index contributed by atoms with van der Waals surface area (Å²) in [4.78, 5) is 0. The predicted octanol–water partition coefficient (Wildman–Crippen LogP) is 1.43. The second kappa shape index (κ2) is 3.52. The van der Waals surface area contributed by atoms with Crippen molar-refractivity contribution in [3.05, 3.63) is 54.1 Å². The van der Waals surface area contributed by atoms with Crippen LogP contribution in [-0.2, 0) is 29.8 Å². The van der Waals surface area contributed by atoms with E-state index in [4.69, 9.17) is 4.74 Å². The van der Waals surface area contributed by atoms with Crippen molar-refractivity contribution in [2.45, 2.75) is 11.4 Å². The molecule has 2 N–H and O–H groups in total. The Bertz CT molecular complexity index is 483. The first-order chi connectivity index (χ1) is 7.18. The van der Waals surface area contributed by atoms with Crippen LogP contribution < -0.4 is 0 Å². The smallest absolute Gasteiger partial charge is 0.225 e. The van der Waals surface area contributed by atoms with Crippen molar-refractivity contribution >= 4 is 0 Å². The van der Waals surface area contributed by atoms with Crippen molar-refractivity contribution in [3.63, 3.8) is 0 Å². The van der Waals surface area contributed by atoms with Crippen molar-refractivity contribution in [3.8, 4) is 5.75 Å². The summed E-state index contributed by atoms with van der Waals surface area (Å²) in [7, 11) is 0. The summed E-state index contributed by atoms with van der Waals surface area (Å²) >= 11 is 0. The molecule has 1 saturated heterocycles. The van der Waals surface area contributed by atoms with Gasteiger partial charge in [0.2, 0.25) is 5.79 Å². The number of phenolic OH excluding ortho intramolecular Hbond substituents is 1. The normalized spacial score (nSPS) is 34.1. The number of para-hydroxylation sites is 1. The largest absolute Gasteiger partial charge is 0.508 e. The molecule has 16 heavy (non-hydrogen) atoms. The van der Waals surface area contributed by atoms with Crippen LogP contribution in [0.1, 0.15) is 5.56 Å². The van der Waals surface area contributed by atoms with Crippen LogP contribution in [0.15, 0.2) is 48.6 Å². The molecule has 1 aromatic carbocycles. The summed E-state index contributed by atoms with van der Waals surface area (Å²) in [6.07, 6.45) is 6.86. The van der Waals surface area contributed by atoms with E-state index in [2.05, 4.69) is 0 Å². The fourth-order valence-corrected chi connectivity index (χ4v) is 2.03. The molecule has 1 aliphatic heterocycles. The van der Waals surface area contributed by atoms with E-state index in [1.807, 2.05) is 0 Å². The third-order valence-corrected chi connectivity index (χ3v) is 2.88. The number of allylic oxidation sites excluding steroid dienone is 2. The van der Waals surface area contributed by atoms with Crippen LogP contribution in [-0.4, -0.2) is 16.0 Å². The molecular formula is C12H10O3Zn. The molecule has 1 fully saturated rings. The molecule has 2 atom stereocenters. The van der Waals surface area contributed by atoms with E-state index in [0.29, 0.717) is 5.56 Å². The second-order valence-electron chi connectivity index (χ2n) is 3.77. The van der Waals surface area contributed by atoms with Gasteiger partial charge < -0.3 is 14.9 Å². The molecule has 1 heterocycles. The van der Waals surface area contributed by atoms with Crippen molar-refractivity contribution in [2.75, 3.05) is 0 Å². The number of hydrogen-bond acceptors (Lipinski definition) is 3. The van der Waals surface area contributed by atoms with Crippen molar-refractivity contribution in [1.29, 1.82) is 0 Å². The topological polar surface area (TPSA) is 53.0 Å². The molecule has 1 aromatic rings. The van der Waals surface area contributed by atoms with Crippen molar-refractivity contribution in [1.82, 2.24) is 0 Å². The number of hydrogen-bond donors (Lipinski definition) is 2. The third-order valence-electron chi connectivity index (χ3n) is 2.88. The summed E-state index contributed by atoms with van der Waals surface area (Å²) in [5, 5.41) is 19.7. The summed E-state index contributed by atoms with van der Waals surface area (Å²) in [5.41, 5.74) is -0.305. The van der Waals surface area contributed by atoms with E-state index in [9.17, 15) is 10.2 Å². The van der Waals surface area contributed by atoms with Gasteiger partial charge in [0.05, 0.1) is 0 Å². The van der Waals surface area contributed by atoms with E-state index in [1.165, 1.54) is 0 Å². The number of epoxide rings is 1. The van der Waals surface area contributed by atoms with Gasteiger partial charge in [-0.2, -0.15) is 0 Å². The molecule has 0 aromatic heterocycles. The molecule has 0 bridgehead atoms. The molecule has 3 nitrogen and oxygen atoms in total. The number of aromatic hydroxyl groups is 1. The monoisotopic (exact) mass is 266 g/mol. The SMILES string of the molecule is Oc1ccccc1C12C=CC=CC1(O)O2.[Zn]. The summed E-state index contributed by atoms with van der Waals surface area (Å²) < 4.78 is 5.34. The average Bonchev–Trinajstić information content (AvgIpc) is 2.86. The molecule has 0 radical (unpaired) electrons. The van der Waals surface area contributed by atoms with Gasteiger partial charge in [0, 0.05) is 25.0 Å². The number of aliphatic hydroxyl groups is 1. The van der Waals surface area contributed by atoms with E-state index >= 15 is 0 Å². The first-order valence-corrected chi connectivity index (χ1v) is 4.76. The number of ether oxygens (including phenoxy) is 1. The van der Waals surface area contributed by atoms with Crippen LogP contribution in [0.2, 0.25) is 0 Å². The van der Waals surface area contributed by atoms with E-state index in [-0.39, 0.29) is 25.2 Å². The molecule has 2 unspecified atom stereocenters. The van der Waals surface area contributed by atoms with Gasteiger partial charge in [-0.15, -0.1) is 0 Å². The first-order valence-electron chi connectivity index (χ1n) is 4.76. The van der Waals surface area contributed by atoms with Crippen LogP contribution in [0.25, 0.3) is 0 Å². The van der Waals surface area contributed by atoms with Gasteiger partial charge in [-0.05, 0) is 18.2 Å². The van der Waals surface area contributed by atoms with Crippen molar-refractivity contribution in [2.24, 2.45) is 0 Å². The Hall–Kier alpha value is -0.957. The zero-order valence-electron chi connectivity index (χ0n) is 8.63. The van der Waals surface area contributed by atoms with Gasteiger partial charge in [-0.1, -0.05) is 30.4 Å². The minimum Gasteiger partial charge on any atom is -0.508 e. The van der Waals surface area contributed by atoms with Crippen LogP contribution in [0.4, 0.5) is 0 Å². The van der Waals surface area contributed by atoms with E-state index in [1.54, 1.807) is 48.6 Å². The van der Waals surface area contributed by atoms with Gasteiger partial charge in [-0.25, -0.2) is 0 Å². The van der Waals surface area contributed by atoms with Gasteiger partial charge >= 0.3 is 0 Å². The first kappa shape index (κ1) is 11.5. The quantitative estimate of drug-likeness (QED) is 0.598. The van der Waals surface area contributed by atoms with E-state index < -0.39 is 11.4 Å². The Morgan fingerprint density at radius 1 is 1.06 bits per heavy atom. The molecule has 78 valence electrons. The Kier molecular flexibility index (Phi) is 2.54. The van der Waals surface area contributed by atoms with Crippen molar-refractivity contribution < 1.29 is 34.4 Å². The fourth-order valence-electron chi connectivity index (χ4n) is 2.03. The zero-order chi connectivity index (χ0) is 10.5. The molecule has 0 amide bonds. The Balaban J connectivity index is 0.000000963. The molecule has 2 aliphatic rings. The minimum absolute atomic E-state index is 0. The molecule has 1 aliphatic carbocycles. The maximum Gasteiger partial charge on any atom is 0.225 e. The molecule has 3 rings (SSSR count). The summed E-state index contributed by atoms with van der Waals surface area (Å²) in [5.74, 6) is -1.16. The molecule has 4 heteroatoms. The average molecular weight is 268 g/mol. The Morgan fingerprint density at radius 3 is 2.44 bits per heavy atom. The standard InChI is InChI=1S/C12H10O3.Zn/c13-10-6-2-1-5-9(10)11-7-3-4-8-12(11,14)15-11;/h1-8,13-14H;. The number of phenols is 1. The number of fused-ring (bicyclic) bond motifs is 1. The Morgan fingerprint density at radius 2 is 1.75 bits per heavy atom. The van der Waals surface area contributed by atoms with Crippen LogP contribution in [0.5, 0.6) is 5.75 Å². The third kappa shape index (κ3) is 1.31. The van der Waals surface area contributed by atoms with Gasteiger partial charge in [0.1, 0.15) is 5.75 Å². The van der Waals surface area contributed by atoms with Crippen LogP contribution in [0.3, 0.4) is 0 Å². The second-order valence-corrected chi connectivity index (χ2v) is 3.77. The predicted molar refractivity (Wildman–Crippen MR) is 54.1 cm³/mol. The van der Waals surface area contributed by atoms with Gasteiger partial charge in [0.15, 0.2) is 5.60 Å². The Labute approximate surface area is 106 Å². The molecular weight excluding hydrogens is 258 g/mol. The zero-order valence-corrected chi connectivity index (χ0v) is 11.6. The van der Waals surface area contributed by atoms with Gasteiger partial charge in [-0.3, -0.25) is 0 Å². The fraction of sp³-hybridized carbons (Fsp3) is 0.167. The number of rotatable bonds is 1. The summed E-state index contributed by atoms with van der Waals surface area (Å²) in [6, 6.07) is 6.87. The molecule has 0 spiro atoms. The summed E-state index contributed by atoms with van der Waals surface area (Å²) in [6.45, 7) is 0. The van der Waals surface area contributed by atoms with Gasteiger partial charge in [0.25, 0.3) is 0 Å². The maximum atomic E-state index is 10.0. The number of benzene rings is 1.